The highest BCUT2D eigenvalue weighted by Crippen LogP contribution is 2.37. The third kappa shape index (κ3) is 1.23. The average molecular weight is 170 g/mol. The maximum Gasteiger partial charge on any atom is 0.00586 e. The summed E-state index contributed by atoms with van der Waals surface area (Å²) >= 11 is 0. The zero-order valence-electron chi connectivity index (χ0n) is 7.96. The predicted molar refractivity (Wildman–Crippen MR) is 57.5 cm³/mol. The van der Waals surface area contributed by atoms with E-state index in [-0.39, 0.29) is 0 Å². The van der Waals surface area contributed by atoms with Gasteiger partial charge in [0.2, 0.25) is 0 Å². The molecule has 0 spiro atoms. The molecule has 0 saturated heterocycles. The Morgan fingerprint density at radius 2 is 2.15 bits per heavy atom. The molecule has 0 radical (unpaired) electrons. The normalized spacial score (nSPS) is 23.2. The molecule has 1 aliphatic carbocycles. The number of benzene rings is 1. The molecule has 0 saturated carbocycles. The molecule has 0 N–H and O–H groups in total. The highest BCUT2D eigenvalue weighted by Gasteiger charge is 2.22. The predicted octanol–water partition coefficient (Wildman–Crippen LogP) is 3.45. The summed E-state index contributed by atoms with van der Waals surface area (Å²) in [4.78, 5) is 0. The smallest absolute Gasteiger partial charge is 0.00586 e. The number of hydrogen-bond donors (Lipinski definition) is 0. The van der Waals surface area contributed by atoms with Crippen LogP contribution in [-0.2, 0) is 6.42 Å². The Balaban J connectivity index is 2.52. The van der Waals surface area contributed by atoms with Gasteiger partial charge in [0, 0.05) is 5.92 Å². The van der Waals surface area contributed by atoms with Crippen LogP contribution in [0.4, 0.5) is 0 Å². The Kier molecular flexibility index (Phi) is 2.05. The van der Waals surface area contributed by atoms with Crippen molar-refractivity contribution in [3.8, 4) is 0 Å². The third-order valence-electron chi connectivity index (χ3n) is 2.76. The van der Waals surface area contributed by atoms with Crippen molar-refractivity contribution in [1.82, 2.24) is 0 Å². The Morgan fingerprint density at radius 1 is 1.38 bits per heavy atom. The highest BCUT2D eigenvalue weighted by molar-refractivity contribution is 5.75. The van der Waals surface area contributed by atoms with E-state index in [1.54, 1.807) is 0 Å². The lowest BCUT2D eigenvalue weighted by atomic mass is 10.0. The van der Waals surface area contributed by atoms with Gasteiger partial charge >= 0.3 is 0 Å². The van der Waals surface area contributed by atoms with Crippen molar-refractivity contribution in [2.24, 2.45) is 5.92 Å². The summed E-state index contributed by atoms with van der Waals surface area (Å²) in [7, 11) is 0. The van der Waals surface area contributed by atoms with Crippen LogP contribution in [-0.4, -0.2) is 0 Å². The Bertz CT molecular complexity index is 358. The number of allylic oxidation sites excluding steroid dienone is 3. The molecule has 0 bridgehead atoms. The van der Waals surface area contributed by atoms with Gasteiger partial charge in [-0.15, -0.1) is 6.58 Å². The van der Waals surface area contributed by atoms with Crippen molar-refractivity contribution in [1.29, 1.82) is 0 Å². The van der Waals surface area contributed by atoms with Crippen LogP contribution in [0.15, 0.2) is 43.0 Å². The van der Waals surface area contributed by atoms with Gasteiger partial charge in [0.25, 0.3) is 0 Å². The van der Waals surface area contributed by atoms with Gasteiger partial charge in [-0.05, 0) is 30.0 Å². The van der Waals surface area contributed by atoms with E-state index in [9.17, 15) is 0 Å². The molecule has 1 aliphatic rings. The molecule has 1 aromatic rings. The molecule has 0 unspecified atom stereocenters. The molecule has 0 heterocycles. The lowest BCUT2D eigenvalue weighted by Crippen LogP contribution is -1.91. The van der Waals surface area contributed by atoms with E-state index in [1.165, 1.54) is 16.7 Å². The lowest BCUT2D eigenvalue weighted by molar-refractivity contribution is 0.871. The maximum atomic E-state index is 3.88. The first-order valence-electron chi connectivity index (χ1n) is 4.74. The first-order valence-corrected chi connectivity index (χ1v) is 4.74. The van der Waals surface area contributed by atoms with Crippen molar-refractivity contribution in [2.75, 3.05) is 0 Å². The topological polar surface area (TPSA) is 0 Å². The quantitative estimate of drug-likeness (QED) is 0.566. The van der Waals surface area contributed by atoms with Crippen LogP contribution in [0.25, 0.3) is 5.57 Å². The molecule has 0 aliphatic heterocycles. The largest absolute Gasteiger partial charge is 0.102 e. The number of hydrogen-bond acceptors (Lipinski definition) is 0. The minimum Gasteiger partial charge on any atom is -0.102 e. The van der Waals surface area contributed by atoms with Gasteiger partial charge in [-0.2, -0.15) is 0 Å². The van der Waals surface area contributed by atoms with Gasteiger partial charge in [-0.25, -0.2) is 0 Å². The monoisotopic (exact) mass is 170 g/mol. The second kappa shape index (κ2) is 3.21. The zero-order chi connectivity index (χ0) is 9.26. The summed E-state index contributed by atoms with van der Waals surface area (Å²) in [5.74, 6) is 0.530. The minimum atomic E-state index is 0.530. The molecular weight excluding hydrogens is 156 g/mol. The van der Waals surface area contributed by atoms with Crippen LogP contribution < -0.4 is 0 Å². The molecule has 66 valence electrons. The third-order valence-corrected chi connectivity index (χ3v) is 2.76. The minimum absolute atomic E-state index is 0.530. The van der Waals surface area contributed by atoms with Gasteiger partial charge in [-0.3, -0.25) is 0 Å². The maximum absolute atomic E-state index is 3.88. The van der Waals surface area contributed by atoms with Gasteiger partial charge in [0.05, 0.1) is 0 Å². The number of fused-ring (bicyclic) bond motifs is 1. The first kappa shape index (κ1) is 8.31. The second-order valence-corrected chi connectivity index (χ2v) is 3.45. The fraction of sp³-hybridized carbons (Fsp3) is 0.231. The summed E-state index contributed by atoms with van der Waals surface area (Å²) in [5.41, 5.74) is 4.31. The summed E-state index contributed by atoms with van der Waals surface area (Å²) in [6.45, 7) is 5.99. The van der Waals surface area contributed by atoms with Crippen molar-refractivity contribution >= 4 is 5.57 Å². The van der Waals surface area contributed by atoms with Crippen molar-refractivity contribution in [2.45, 2.75) is 13.3 Å². The average Bonchev–Trinajstić information content (AvgIpc) is 2.55. The summed E-state index contributed by atoms with van der Waals surface area (Å²) in [6.07, 6.45) is 5.38. The highest BCUT2D eigenvalue weighted by atomic mass is 14.3. The Morgan fingerprint density at radius 3 is 2.85 bits per heavy atom. The van der Waals surface area contributed by atoms with Crippen LogP contribution in [0.3, 0.4) is 0 Å². The van der Waals surface area contributed by atoms with E-state index in [2.05, 4.69) is 49.9 Å². The standard InChI is InChI=1S/C13H14/c1-3-10-9-11-7-5-6-8-13(11)12(10)4-2/h3-8,10H,1,9H2,2H3/b12-4+/t10-/m1/s1. The van der Waals surface area contributed by atoms with Crippen LogP contribution in [0.2, 0.25) is 0 Å². The van der Waals surface area contributed by atoms with Crippen LogP contribution in [0.5, 0.6) is 0 Å². The van der Waals surface area contributed by atoms with Crippen molar-refractivity contribution < 1.29 is 0 Å². The Labute approximate surface area is 79.6 Å². The molecule has 0 fully saturated rings. The molecule has 13 heavy (non-hydrogen) atoms. The summed E-state index contributed by atoms with van der Waals surface area (Å²) in [5, 5.41) is 0. The molecule has 0 amide bonds. The zero-order valence-corrected chi connectivity index (χ0v) is 7.96. The lowest BCUT2D eigenvalue weighted by Gasteiger charge is -2.04. The van der Waals surface area contributed by atoms with Gasteiger partial charge in [-0.1, -0.05) is 36.4 Å². The van der Waals surface area contributed by atoms with E-state index >= 15 is 0 Å². The second-order valence-electron chi connectivity index (χ2n) is 3.45. The fourth-order valence-corrected chi connectivity index (χ4v) is 2.11. The van der Waals surface area contributed by atoms with Crippen molar-refractivity contribution in [3.05, 3.63) is 54.1 Å². The van der Waals surface area contributed by atoms with Gasteiger partial charge in [0.15, 0.2) is 0 Å². The molecule has 1 atom stereocenters. The van der Waals surface area contributed by atoms with Crippen molar-refractivity contribution in [3.63, 3.8) is 0 Å². The van der Waals surface area contributed by atoms with Gasteiger partial charge in [0.1, 0.15) is 0 Å². The van der Waals surface area contributed by atoms with E-state index < -0.39 is 0 Å². The van der Waals surface area contributed by atoms with Gasteiger partial charge < -0.3 is 0 Å². The SMILES string of the molecule is C=C[C@@H]1Cc2ccccc2/C1=C/C. The molecule has 1 aromatic carbocycles. The summed E-state index contributed by atoms with van der Waals surface area (Å²) in [6, 6.07) is 8.63. The van der Waals surface area contributed by atoms with Crippen LogP contribution in [0, 0.1) is 5.92 Å². The van der Waals surface area contributed by atoms with E-state index in [0.717, 1.165) is 6.42 Å². The number of rotatable bonds is 1. The van der Waals surface area contributed by atoms with E-state index in [4.69, 9.17) is 0 Å². The van der Waals surface area contributed by atoms with E-state index in [0.29, 0.717) is 5.92 Å². The fourth-order valence-electron chi connectivity index (χ4n) is 2.11. The molecule has 0 heteroatoms. The molecular formula is C13H14. The first-order chi connectivity index (χ1) is 6.36. The van der Waals surface area contributed by atoms with Crippen LogP contribution in [0.1, 0.15) is 18.1 Å². The summed E-state index contributed by atoms with van der Waals surface area (Å²) < 4.78 is 0. The van der Waals surface area contributed by atoms with Crippen LogP contribution >= 0.6 is 0 Å². The molecule has 0 aromatic heterocycles. The molecule has 2 rings (SSSR count). The molecule has 0 nitrogen and oxygen atoms in total. The Hall–Kier alpha value is -1.30. The van der Waals surface area contributed by atoms with E-state index in [1.807, 2.05) is 0 Å².